The molecule has 1 heterocycles. The van der Waals surface area contributed by atoms with Gasteiger partial charge in [0.05, 0.1) is 10.6 Å². The van der Waals surface area contributed by atoms with E-state index >= 15 is 0 Å². The fourth-order valence-electron chi connectivity index (χ4n) is 1.08. The molecule has 1 N–H and O–H groups in total. The number of anilines is 1. The fraction of sp³-hybridized carbons (Fsp3) is 0. The average molecular weight is 178 g/mol. The van der Waals surface area contributed by atoms with Gasteiger partial charge in [0.2, 0.25) is 0 Å². The largest absolute Gasteiger partial charge is 0.461 e. The highest BCUT2D eigenvalue weighted by molar-refractivity contribution is 5.64. The molecule has 5 nitrogen and oxygen atoms in total. The van der Waals surface area contributed by atoms with E-state index in [4.69, 9.17) is 4.74 Å². The summed E-state index contributed by atoms with van der Waals surface area (Å²) in [5.74, 6) is 0.591. The van der Waals surface area contributed by atoms with E-state index in [0.717, 1.165) is 0 Å². The SMILES string of the molecule is O=[N+]([O-])c1ccc2c(c1)NC=CO2. The number of ether oxygens (including phenoxy) is 1. The van der Waals surface area contributed by atoms with E-state index in [-0.39, 0.29) is 5.69 Å². The van der Waals surface area contributed by atoms with Gasteiger partial charge in [0.1, 0.15) is 6.26 Å². The molecule has 1 aliphatic rings. The van der Waals surface area contributed by atoms with Crippen LogP contribution in [0.1, 0.15) is 0 Å². The molecule has 1 aromatic carbocycles. The molecule has 13 heavy (non-hydrogen) atoms. The van der Waals surface area contributed by atoms with Crippen molar-refractivity contribution in [2.45, 2.75) is 0 Å². The molecule has 2 rings (SSSR count). The van der Waals surface area contributed by atoms with Gasteiger partial charge in [-0.15, -0.1) is 0 Å². The van der Waals surface area contributed by atoms with Crippen LogP contribution in [0.25, 0.3) is 0 Å². The van der Waals surface area contributed by atoms with E-state index in [1.165, 1.54) is 18.4 Å². The Labute approximate surface area is 73.8 Å². The maximum Gasteiger partial charge on any atom is 0.271 e. The number of non-ortho nitro benzene ring substituents is 1. The minimum atomic E-state index is -0.444. The lowest BCUT2D eigenvalue weighted by atomic mass is 10.2. The van der Waals surface area contributed by atoms with E-state index in [1.54, 1.807) is 12.3 Å². The van der Waals surface area contributed by atoms with Crippen molar-refractivity contribution in [3.8, 4) is 5.75 Å². The van der Waals surface area contributed by atoms with Crippen molar-refractivity contribution in [2.75, 3.05) is 5.32 Å². The minimum Gasteiger partial charge on any atom is -0.461 e. The van der Waals surface area contributed by atoms with E-state index in [0.29, 0.717) is 11.4 Å². The first-order valence-corrected chi connectivity index (χ1v) is 3.64. The molecule has 0 spiro atoms. The monoisotopic (exact) mass is 178 g/mol. The molecule has 0 fully saturated rings. The Morgan fingerprint density at radius 3 is 3.08 bits per heavy atom. The van der Waals surface area contributed by atoms with Crippen LogP contribution in [0, 0.1) is 10.1 Å². The molecule has 0 aliphatic carbocycles. The van der Waals surface area contributed by atoms with Crippen molar-refractivity contribution in [3.63, 3.8) is 0 Å². The standard InChI is InChI=1S/C8H6N2O3/c11-10(12)6-1-2-8-7(5-6)9-3-4-13-8/h1-5,9H. The third-order valence-electron chi connectivity index (χ3n) is 1.68. The first-order valence-electron chi connectivity index (χ1n) is 3.64. The summed E-state index contributed by atoms with van der Waals surface area (Å²) in [7, 11) is 0. The van der Waals surface area contributed by atoms with E-state index < -0.39 is 4.92 Å². The van der Waals surface area contributed by atoms with Crippen LogP contribution in [-0.4, -0.2) is 4.92 Å². The number of nitrogens with one attached hydrogen (secondary N) is 1. The van der Waals surface area contributed by atoms with E-state index in [2.05, 4.69) is 5.32 Å². The molecule has 0 radical (unpaired) electrons. The fourth-order valence-corrected chi connectivity index (χ4v) is 1.08. The lowest BCUT2D eigenvalue weighted by Gasteiger charge is -2.11. The number of hydrogen-bond donors (Lipinski definition) is 1. The predicted molar refractivity (Wildman–Crippen MR) is 46.5 cm³/mol. The van der Waals surface area contributed by atoms with Gasteiger partial charge in [-0.2, -0.15) is 0 Å². The molecule has 0 amide bonds. The van der Waals surface area contributed by atoms with Crippen LogP contribution in [0.2, 0.25) is 0 Å². The Bertz CT molecular complexity index is 387. The van der Waals surface area contributed by atoms with Crippen LogP contribution in [0.5, 0.6) is 5.75 Å². The van der Waals surface area contributed by atoms with Crippen LogP contribution in [-0.2, 0) is 0 Å². The topological polar surface area (TPSA) is 64.4 Å². The number of nitro groups is 1. The van der Waals surface area contributed by atoms with Crippen LogP contribution in [0.15, 0.2) is 30.7 Å². The molecule has 1 aromatic rings. The summed E-state index contributed by atoms with van der Waals surface area (Å²) in [6.45, 7) is 0. The molecule has 0 aromatic heterocycles. The van der Waals surface area contributed by atoms with E-state index in [1.807, 2.05) is 0 Å². The van der Waals surface area contributed by atoms with Crippen molar-refractivity contribution in [1.82, 2.24) is 0 Å². The summed E-state index contributed by atoms with van der Waals surface area (Å²) in [5.41, 5.74) is 0.654. The summed E-state index contributed by atoms with van der Waals surface area (Å²) < 4.78 is 5.09. The van der Waals surface area contributed by atoms with Crippen molar-refractivity contribution in [1.29, 1.82) is 0 Å². The highest BCUT2D eigenvalue weighted by Gasteiger charge is 2.12. The molecular formula is C8H6N2O3. The van der Waals surface area contributed by atoms with Gasteiger partial charge in [-0.3, -0.25) is 10.1 Å². The number of nitro benzene ring substituents is 1. The third kappa shape index (κ3) is 1.31. The zero-order valence-electron chi connectivity index (χ0n) is 6.56. The van der Waals surface area contributed by atoms with Crippen LogP contribution < -0.4 is 10.1 Å². The van der Waals surface area contributed by atoms with Crippen molar-refractivity contribution >= 4 is 11.4 Å². The number of nitrogens with zero attached hydrogens (tertiary/aromatic N) is 1. The summed E-state index contributed by atoms with van der Waals surface area (Å²) in [5, 5.41) is 13.3. The number of hydrogen-bond acceptors (Lipinski definition) is 4. The molecule has 0 unspecified atom stereocenters. The van der Waals surface area contributed by atoms with Crippen LogP contribution in [0.4, 0.5) is 11.4 Å². The summed E-state index contributed by atoms with van der Waals surface area (Å²) in [6.07, 6.45) is 3.06. The molecule has 0 atom stereocenters. The zero-order valence-corrected chi connectivity index (χ0v) is 6.56. The van der Waals surface area contributed by atoms with E-state index in [9.17, 15) is 10.1 Å². The van der Waals surface area contributed by atoms with Crippen LogP contribution >= 0.6 is 0 Å². The van der Waals surface area contributed by atoms with Crippen molar-refractivity contribution < 1.29 is 9.66 Å². The number of fused-ring (bicyclic) bond motifs is 1. The van der Waals surface area contributed by atoms with Gasteiger partial charge in [-0.25, -0.2) is 0 Å². The van der Waals surface area contributed by atoms with Gasteiger partial charge in [0, 0.05) is 18.3 Å². The average Bonchev–Trinajstić information content (AvgIpc) is 2.17. The third-order valence-corrected chi connectivity index (χ3v) is 1.68. The summed E-state index contributed by atoms with van der Waals surface area (Å²) >= 11 is 0. The maximum absolute atomic E-state index is 10.4. The summed E-state index contributed by atoms with van der Waals surface area (Å²) in [4.78, 5) is 9.96. The van der Waals surface area contributed by atoms with Crippen LogP contribution in [0.3, 0.4) is 0 Å². The van der Waals surface area contributed by atoms with Gasteiger partial charge in [-0.1, -0.05) is 0 Å². The zero-order chi connectivity index (χ0) is 9.26. The Balaban J connectivity index is 2.44. The minimum absolute atomic E-state index is 0.0464. The Morgan fingerprint density at radius 1 is 1.46 bits per heavy atom. The first kappa shape index (κ1) is 7.60. The van der Waals surface area contributed by atoms with Gasteiger partial charge in [0.15, 0.2) is 5.75 Å². The molecule has 66 valence electrons. The van der Waals surface area contributed by atoms with Gasteiger partial charge in [-0.05, 0) is 6.07 Å². The normalized spacial score (nSPS) is 12.6. The van der Waals surface area contributed by atoms with Gasteiger partial charge in [0.25, 0.3) is 5.69 Å². The highest BCUT2D eigenvalue weighted by atomic mass is 16.6. The Kier molecular flexibility index (Phi) is 1.63. The van der Waals surface area contributed by atoms with Gasteiger partial charge < -0.3 is 10.1 Å². The molecule has 0 bridgehead atoms. The predicted octanol–water partition coefficient (Wildman–Crippen LogP) is 1.87. The second-order valence-electron chi connectivity index (χ2n) is 2.50. The Morgan fingerprint density at radius 2 is 2.31 bits per heavy atom. The lowest BCUT2D eigenvalue weighted by Crippen LogP contribution is -2.00. The smallest absolute Gasteiger partial charge is 0.271 e. The first-order chi connectivity index (χ1) is 6.27. The molecular weight excluding hydrogens is 172 g/mol. The highest BCUT2D eigenvalue weighted by Crippen LogP contribution is 2.30. The molecule has 0 saturated carbocycles. The van der Waals surface area contributed by atoms with Crippen molar-refractivity contribution in [3.05, 3.63) is 40.8 Å². The Hall–Kier alpha value is -2.04. The summed E-state index contributed by atoms with van der Waals surface area (Å²) in [6, 6.07) is 4.39. The second-order valence-corrected chi connectivity index (χ2v) is 2.50. The number of rotatable bonds is 1. The molecule has 0 saturated heterocycles. The lowest BCUT2D eigenvalue weighted by molar-refractivity contribution is -0.384. The molecule has 1 aliphatic heterocycles. The second kappa shape index (κ2) is 2.78. The maximum atomic E-state index is 10.4. The quantitative estimate of drug-likeness (QED) is 0.526. The van der Waals surface area contributed by atoms with Crippen molar-refractivity contribution in [2.24, 2.45) is 0 Å². The van der Waals surface area contributed by atoms with Gasteiger partial charge >= 0.3 is 0 Å². The molecule has 5 heteroatoms. The number of benzene rings is 1.